The molecule has 2 saturated heterocycles. The van der Waals surface area contributed by atoms with E-state index in [2.05, 4.69) is 126 Å². The number of carbonyl (C=O) groups is 1. The average molecular weight is 732 g/mol. The second-order valence-corrected chi connectivity index (χ2v) is 27.8. The van der Waals surface area contributed by atoms with Gasteiger partial charge in [0.05, 0.1) is 17.9 Å². The minimum absolute atomic E-state index is 0.00111. The van der Waals surface area contributed by atoms with E-state index in [1.54, 1.807) is 17.7 Å². The van der Waals surface area contributed by atoms with Crippen LogP contribution in [-0.4, -0.2) is 98.4 Å². The van der Waals surface area contributed by atoms with Crippen LogP contribution >= 0.6 is 0 Å². The highest BCUT2D eigenvalue weighted by molar-refractivity contribution is 6.74. The molecule has 0 amide bonds. The van der Waals surface area contributed by atoms with Gasteiger partial charge in [0.25, 0.3) is 0 Å². The van der Waals surface area contributed by atoms with Crippen LogP contribution in [0.1, 0.15) is 89.3 Å². The topological polar surface area (TPSA) is 72.7 Å². The van der Waals surface area contributed by atoms with Gasteiger partial charge in [0.2, 0.25) is 5.91 Å². The first-order chi connectivity index (χ1) is 23.7. The first-order valence-electron chi connectivity index (χ1n) is 19.1. The maximum atomic E-state index is 12.0. The first kappa shape index (κ1) is 39.7. The summed E-state index contributed by atoms with van der Waals surface area (Å²) in [6.45, 7) is 27.0. The Morgan fingerprint density at radius 1 is 0.824 bits per heavy atom. The van der Waals surface area contributed by atoms with Gasteiger partial charge in [0.15, 0.2) is 16.6 Å². The number of allylic oxidation sites excluding steroid dienone is 1. The number of likely N-dealkylation sites (N-methyl/N-ethyl adjacent to an activating group) is 2. The smallest absolute Gasteiger partial charge is 0.229 e. The summed E-state index contributed by atoms with van der Waals surface area (Å²) in [6.07, 6.45) is 13.7. The van der Waals surface area contributed by atoms with Crippen molar-refractivity contribution < 1.29 is 13.6 Å². The van der Waals surface area contributed by atoms with Crippen molar-refractivity contribution in [3.05, 3.63) is 65.8 Å². The van der Waals surface area contributed by atoms with Gasteiger partial charge in [0, 0.05) is 62.5 Å². The van der Waals surface area contributed by atoms with Crippen LogP contribution in [0.3, 0.4) is 0 Å². The number of hydrogen-bond donors (Lipinski definition) is 0. The van der Waals surface area contributed by atoms with Crippen LogP contribution in [0.15, 0.2) is 48.9 Å². The average Bonchev–Trinajstić information content (AvgIpc) is 3.80. The molecule has 0 aromatic carbocycles. The van der Waals surface area contributed by atoms with E-state index in [-0.39, 0.29) is 22.1 Å². The molecule has 3 aliphatic rings. The summed E-state index contributed by atoms with van der Waals surface area (Å²) in [5, 5.41) is 1.54. The molecule has 5 heterocycles. The number of fused-ring (bicyclic) bond motifs is 2. The Hall–Kier alpha value is -2.48. The van der Waals surface area contributed by atoms with Crippen LogP contribution in [0, 0.1) is 0 Å². The van der Waals surface area contributed by atoms with Gasteiger partial charge in [-0.3, -0.25) is 14.3 Å². The van der Waals surface area contributed by atoms with Crippen LogP contribution in [-0.2, 0) is 21.7 Å². The van der Waals surface area contributed by atoms with Gasteiger partial charge < -0.3 is 18.7 Å². The van der Waals surface area contributed by atoms with Gasteiger partial charge in [-0.2, -0.15) is 0 Å². The molecule has 0 unspecified atom stereocenters. The van der Waals surface area contributed by atoms with Crippen molar-refractivity contribution in [1.29, 1.82) is 0 Å². The zero-order valence-corrected chi connectivity index (χ0v) is 35.8. The van der Waals surface area contributed by atoms with Crippen LogP contribution < -0.4 is 0 Å². The van der Waals surface area contributed by atoms with Crippen LogP contribution in [0.2, 0.25) is 36.3 Å². The number of nitrogens with zero attached hydrogens (tertiary/aromatic N) is 5. The van der Waals surface area contributed by atoms with Crippen molar-refractivity contribution in [2.24, 2.45) is 0 Å². The third-order valence-electron chi connectivity index (χ3n) is 12.6. The molecule has 0 N–H and O–H groups in total. The molecule has 10 heteroatoms. The summed E-state index contributed by atoms with van der Waals surface area (Å²) >= 11 is 0. The number of hydrogen-bond acceptors (Lipinski definition) is 7. The lowest BCUT2D eigenvalue weighted by atomic mass is 9.99. The number of carbonyl (C=O) groups excluding carboxylic acids is 1. The van der Waals surface area contributed by atoms with Gasteiger partial charge in [-0.25, -0.2) is 4.98 Å². The molecule has 0 saturated carbocycles. The van der Waals surface area contributed by atoms with Crippen LogP contribution in [0.4, 0.5) is 0 Å². The SMILES string of the molecule is CC(=O)n1cc(C[C@@H]2[C@@H](O[Si](C)(C)C(C)(C)C)CCN2C)c2cccnc21.CN1CC[C@H](O[Si](C)(C)C(C)(C)C)[C@H]1CC1=CCc2ncccc21. The van der Waals surface area contributed by atoms with E-state index in [1.807, 2.05) is 18.5 Å². The fourth-order valence-corrected chi connectivity index (χ4v) is 10.1. The quantitative estimate of drug-likeness (QED) is 0.215. The van der Waals surface area contributed by atoms with E-state index in [9.17, 15) is 4.79 Å². The lowest BCUT2D eigenvalue weighted by Gasteiger charge is -2.40. The molecule has 51 heavy (non-hydrogen) atoms. The van der Waals surface area contributed by atoms with E-state index < -0.39 is 16.6 Å². The Kier molecular flexibility index (Phi) is 11.8. The van der Waals surface area contributed by atoms with Gasteiger partial charge in [-0.05, 0) is 111 Å². The summed E-state index contributed by atoms with van der Waals surface area (Å²) in [5.74, 6) is -0.00111. The van der Waals surface area contributed by atoms with Crippen LogP contribution in [0.5, 0.6) is 0 Å². The number of likely N-dealkylation sites (tertiary alicyclic amines) is 2. The monoisotopic (exact) mass is 731 g/mol. The Balaban J connectivity index is 0.000000199. The molecular weight excluding hydrogens is 667 g/mol. The number of aromatic nitrogens is 3. The third-order valence-corrected chi connectivity index (χ3v) is 21.7. The highest BCUT2D eigenvalue weighted by atomic mass is 28.4. The minimum Gasteiger partial charge on any atom is -0.412 e. The molecule has 2 fully saturated rings. The van der Waals surface area contributed by atoms with Crippen molar-refractivity contribution in [2.45, 2.75) is 141 Å². The maximum absolute atomic E-state index is 12.0. The standard InChI is InChI=1S/C21H33N3O2Si.C20H32N2OSi/c1-15(25)24-14-16(17-9-8-11-22-20(17)24)13-18-19(10-12-23(18)5)26-27(6,7)21(2,3)4;1-20(2,3)24(5,6)23-19-11-13-22(4)18(19)14-15-9-10-17-16(15)8-7-12-21-17/h8-9,11,14,18-19H,10,12-13H2,1-7H3;7-9,12,18-19H,10-11,13-14H2,1-6H3/t2*18-,19+/m11/s1. The minimum atomic E-state index is -1.82. The van der Waals surface area contributed by atoms with E-state index >= 15 is 0 Å². The van der Waals surface area contributed by atoms with Crippen LogP contribution in [0.25, 0.3) is 16.6 Å². The summed E-state index contributed by atoms with van der Waals surface area (Å²) in [5.41, 5.74) is 5.97. The molecule has 0 spiro atoms. The Labute approximate surface area is 310 Å². The van der Waals surface area contributed by atoms with Gasteiger partial charge in [-0.1, -0.05) is 53.7 Å². The highest BCUT2D eigenvalue weighted by Crippen LogP contribution is 2.42. The molecule has 0 bridgehead atoms. The fraction of sp³-hybridized carbons (Fsp3) is 0.634. The van der Waals surface area contributed by atoms with Crippen molar-refractivity contribution in [3.63, 3.8) is 0 Å². The molecule has 3 aromatic rings. The lowest BCUT2D eigenvalue weighted by Crippen LogP contribution is -2.47. The van der Waals surface area contributed by atoms with E-state index in [4.69, 9.17) is 8.85 Å². The van der Waals surface area contributed by atoms with Gasteiger partial charge >= 0.3 is 0 Å². The summed E-state index contributed by atoms with van der Waals surface area (Å²) in [4.78, 5) is 25.9. The molecule has 2 aliphatic heterocycles. The Morgan fingerprint density at radius 2 is 1.35 bits per heavy atom. The second kappa shape index (κ2) is 15.1. The lowest BCUT2D eigenvalue weighted by molar-refractivity contribution is 0.0940. The van der Waals surface area contributed by atoms with Crippen molar-refractivity contribution in [2.75, 3.05) is 27.2 Å². The summed E-state index contributed by atoms with van der Waals surface area (Å²) < 4.78 is 15.3. The molecule has 4 atom stereocenters. The first-order valence-corrected chi connectivity index (χ1v) is 24.9. The highest BCUT2D eigenvalue weighted by Gasteiger charge is 2.45. The summed E-state index contributed by atoms with van der Waals surface area (Å²) in [6, 6.07) is 9.09. The Morgan fingerprint density at radius 3 is 1.90 bits per heavy atom. The molecule has 280 valence electrons. The number of rotatable bonds is 8. The van der Waals surface area contributed by atoms with E-state index in [0.717, 1.165) is 56.2 Å². The number of pyridine rings is 2. The van der Waals surface area contributed by atoms with Crippen molar-refractivity contribution in [3.8, 4) is 0 Å². The molecule has 0 radical (unpaired) electrons. The normalized spacial score (nSPS) is 23.4. The van der Waals surface area contributed by atoms with Crippen molar-refractivity contribution in [1.82, 2.24) is 24.3 Å². The fourth-order valence-electron chi connectivity index (χ4n) is 7.30. The largest absolute Gasteiger partial charge is 0.412 e. The van der Waals surface area contributed by atoms with Gasteiger partial charge in [0.1, 0.15) is 5.65 Å². The third kappa shape index (κ3) is 8.68. The predicted molar refractivity (Wildman–Crippen MR) is 216 cm³/mol. The maximum Gasteiger partial charge on any atom is 0.229 e. The van der Waals surface area contributed by atoms with E-state index in [0.29, 0.717) is 18.2 Å². The molecule has 3 aromatic heterocycles. The Bertz CT molecular complexity index is 1720. The zero-order valence-electron chi connectivity index (χ0n) is 33.8. The summed E-state index contributed by atoms with van der Waals surface area (Å²) in [7, 11) is 0.881. The zero-order chi connectivity index (χ0) is 37.5. The van der Waals surface area contributed by atoms with Gasteiger partial charge in [-0.15, -0.1) is 0 Å². The second-order valence-electron chi connectivity index (χ2n) is 18.3. The van der Waals surface area contributed by atoms with E-state index in [1.165, 1.54) is 22.4 Å². The molecule has 1 aliphatic carbocycles. The molecule has 6 rings (SSSR count). The predicted octanol–water partition coefficient (Wildman–Crippen LogP) is 8.84. The van der Waals surface area contributed by atoms with Crippen molar-refractivity contribution >= 4 is 39.1 Å². The molecular formula is C41H65N5O3Si2. The molecule has 8 nitrogen and oxygen atoms in total.